The molecule has 7 nitrogen and oxygen atoms in total. The first kappa shape index (κ1) is 22.9. The van der Waals surface area contributed by atoms with Gasteiger partial charge in [0.1, 0.15) is 5.75 Å². The van der Waals surface area contributed by atoms with Gasteiger partial charge in [-0.25, -0.2) is 4.99 Å². The number of methoxy groups -OCH3 is 1. The fourth-order valence-corrected chi connectivity index (χ4v) is 3.22. The number of carbonyl (C=O) groups is 1. The number of rotatable bonds is 9. The van der Waals surface area contributed by atoms with Gasteiger partial charge < -0.3 is 25.1 Å². The molecular formula is C25H30N4O3. The molecule has 1 amide bonds. The molecule has 32 heavy (non-hydrogen) atoms. The average Bonchev–Trinajstić information content (AvgIpc) is 3.34. The molecule has 0 aliphatic carbocycles. The lowest BCUT2D eigenvalue weighted by Gasteiger charge is -2.13. The lowest BCUT2D eigenvalue weighted by molar-refractivity contribution is 0.0996. The number of carbonyl (C=O) groups excluding carboxylic acids is 1. The molecule has 0 aliphatic rings. The molecule has 3 rings (SSSR count). The third-order valence-electron chi connectivity index (χ3n) is 4.84. The van der Waals surface area contributed by atoms with Crippen LogP contribution >= 0.6 is 0 Å². The fourth-order valence-electron chi connectivity index (χ4n) is 3.22. The SMILES string of the molecule is CCNC(=NCc1ccc(NC(=O)c2ccco2)cc1)NCCc1cc(C)ccc1OC. The van der Waals surface area contributed by atoms with Gasteiger partial charge in [-0.2, -0.15) is 0 Å². The first-order valence-corrected chi connectivity index (χ1v) is 10.7. The summed E-state index contributed by atoms with van der Waals surface area (Å²) in [6.45, 7) is 6.16. The normalized spacial score (nSPS) is 11.2. The first-order valence-electron chi connectivity index (χ1n) is 10.7. The number of aryl methyl sites for hydroxylation is 1. The predicted octanol–water partition coefficient (Wildman–Crippen LogP) is 4.15. The Balaban J connectivity index is 1.54. The molecule has 0 bridgehead atoms. The van der Waals surface area contributed by atoms with E-state index in [0.717, 1.165) is 36.8 Å². The Morgan fingerprint density at radius 3 is 2.59 bits per heavy atom. The average molecular weight is 435 g/mol. The van der Waals surface area contributed by atoms with E-state index in [9.17, 15) is 4.79 Å². The number of ether oxygens (including phenoxy) is 1. The van der Waals surface area contributed by atoms with E-state index in [1.807, 2.05) is 37.3 Å². The van der Waals surface area contributed by atoms with E-state index in [2.05, 4.69) is 40.0 Å². The van der Waals surface area contributed by atoms with Gasteiger partial charge in [0.2, 0.25) is 0 Å². The number of guanidine groups is 1. The summed E-state index contributed by atoms with van der Waals surface area (Å²) in [6.07, 6.45) is 2.31. The van der Waals surface area contributed by atoms with E-state index in [0.29, 0.717) is 12.2 Å². The summed E-state index contributed by atoms with van der Waals surface area (Å²) in [4.78, 5) is 16.7. The summed E-state index contributed by atoms with van der Waals surface area (Å²) in [5.74, 6) is 1.67. The zero-order valence-corrected chi connectivity index (χ0v) is 18.8. The Morgan fingerprint density at radius 2 is 1.91 bits per heavy atom. The van der Waals surface area contributed by atoms with E-state index in [1.54, 1.807) is 19.2 Å². The fraction of sp³-hybridized carbons (Fsp3) is 0.280. The van der Waals surface area contributed by atoms with Gasteiger partial charge >= 0.3 is 0 Å². The molecule has 7 heteroatoms. The molecule has 0 aliphatic heterocycles. The predicted molar refractivity (Wildman–Crippen MR) is 127 cm³/mol. The molecule has 3 N–H and O–H groups in total. The number of benzene rings is 2. The third kappa shape index (κ3) is 6.63. The second kappa shape index (κ2) is 11.6. The molecule has 168 valence electrons. The molecular weight excluding hydrogens is 404 g/mol. The highest BCUT2D eigenvalue weighted by atomic mass is 16.5. The number of nitrogens with zero attached hydrogens (tertiary/aromatic N) is 1. The van der Waals surface area contributed by atoms with Crippen molar-refractivity contribution in [2.24, 2.45) is 4.99 Å². The Morgan fingerprint density at radius 1 is 1.09 bits per heavy atom. The van der Waals surface area contributed by atoms with Crippen LogP contribution in [0.15, 0.2) is 70.3 Å². The number of hydrogen-bond acceptors (Lipinski definition) is 4. The van der Waals surface area contributed by atoms with Crippen LogP contribution in [-0.4, -0.2) is 32.1 Å². The number of aliphatic imine (C=N–C) groups is 1. The van der Waals surface area contributed by atoms with Crippen LogP contribution in [-0.2, 0) is 13.0 Å². The maximum atomic E-state index is 12.1. The van der Waals surface area contributed by atoms with Gasteiger partial charge in [0.05, 0.1) is 19.9 Å². The highest BCUT2D eigenvalue weighted by Gasteiger charge is 2.08. The van der Waals surface area contributed by atoms with Gasteiger partial charge in [-0.15, -0.1) is 0 Å². The molecule has 0 saturated heterocycles. The van der Waals surface area contributed by atoms with Crippen LogP contribution in [0.4, 0.5) is 5.69 Å². The zero-order chi connectivity index (χ0) is 22.8. The number of furan rings is 1. The van der Waals surface area contributed by atoms with Gasteiger partial charge in [-0.1, -0.05) is 29.8 Å². The molecule has 0 saturated carbocycles. The minimum Gasteiger partial charge on any atom is -0.496 e. The van der Waals surface area contributed by atoms with Crippen LogP contribution < -0.4 is 20.7 Å². The molecule has 0 unspecified atom stereocenters. The Labute approximate surface area is 188 Å². The van der Waals surface area contributed by atoms with Crippen molar-refractivity contribution in [3.63, 3.8) is 0 Å². The van der Waals surface area contributed by atoms with E-state index in [4.69, 9.17) is 9.15 Å². The van der Waals surface area contributed by atoms with Gasteiger partial charge in [-0.3, -0.25) is 4.79 Å². The van der Waals surface area contributed by atoms with Gasteiger partial charge in [-0.05, 0) is 61.7 Å². The lowest BCUT2D eigenvalue weighted by Crippen LogP contribution is -2.38. The highest BCUT2D eigenvalue weighted by molar-refractivity contribution is 6.02. The quantitative estimate of drug-likeness (QED) is 0.348. The summed E-state index contributed by atoms with van der Waals surface area (Å²) in [7, 11) is 1.70. The smallest absolute Gasteiger partial charge is 0.291 e. The van der Waals surface area contributed by atoms with E-state index >= 15 is 0 Å². The molecule has 0 atom stereocenters. The van der Waals surface area contributed by atoms with Crippen molar-refractivity contribution < 1.29 is 13.9 Å². The third-order valence-corrected chi connectivity index (χ3v) is 4.84. The number of hydrogen-bond donors (Lipinski definition) is 3. The minimum absolute atomic E-state index is 0.273. The van der Waals surface area contributed by atoms with Crippen LogP contribution in [0.5, 0.6) is 5.75 Å². The van der Waals surface area contributed by atoms with Crippen LogP contribution in [0.2, 0.25) is 0 Å². The highest BCUT2D eigenvalue weighted by Crippen LogP contribution is 2.19. The van der Waals surface area contributed by atoms with Gasteiger partial charge in [0.15, 0.2) is 11.7 Å². The van der Waals surface area contributed by atoms with Gasteiger partial charge in [0.25, 0.3) is 5.91 Å². The topological polar surface area (TPSA) is 87.9 Å². The van der Waals surface area contributed by atoms with Crippen molar-refractivity contribution in [1.29, 1.82) is 0 Å². The molecule has 3 aromatic rings. The molecule has 1 aromatic heterocycles. The largest absolute Gasteiger partial charge is 0.496 e. The summed E-state index contributed by atoms with van der Waals surface area (Å²) < 4.78 is 10.6. The summed E-state index contributed by atoms with van der Waals surface area (Å²) in [5, 5.41) is 9.46. The molecule has 0 fully saturated rings. The van der Waals surface area contributed by atoms with Crippen LogP contribution in [0.1, 0.15) is 34.2 Å². The summed E-state index contributed by atoms with van der Waals surface area (Å²) in [5.41, 5.74) is 4.13. The lowest BCUT2D eigenvalue weighted by atomic mass is 10.1. The van der Waals surface area contributed by atoms with E-state index in [-0.39, 0.29) is 11.7 Å². The number of anilines is 1. The van der Waals surface area contributed by atoms with Crippen molar-refractivity contribution in [3.05, 3.63) is 83.3 Å². The van der Waals surface area contributed by atoms with Crippen LogP contribution in [0.25, 0.3) is 0 Å². The van der Waals surface area contributed by atoms with Crippen molar-refractivity contribution in [1.82, 2.24) is 10.6 Å². The minimum atomic E-state index is -0.273. The van der Waals surface area contributed by atoms with E-state index in [1.165, 1.54) is 17.4 Å². The van der Waals surface area contributed by atoms with Crippen molar-refractivity contribution in [2.75, 3.05) is 25.5 Å². The standard InChI is InChI=1S/C25H30N4O3/c1-4-26-25(27-14-13-20-16-18(2)7-12-22(20)31-3)28-17-19-8-10-21(11-9-19)29-24(30)23-6-5-15-32-23/h5-12,15-16H,4,13-14,17H2,1-3H3,(H,29,30)(H2,26,27,28). The summed E-state index contributed by atoms with van der Waals surface area (Å²) in [6, 6.07) is 17.1. The maximum absolute atomic E-state index is 12.1. The second-order valence-electron chi connectivity index (χ2n) is 7.32. The number of amides is 1. The van der Waals surface area contributed by atoms with Crippen LogP contribution in [0, 0.1) is 6.92 Å². The molecule has 0 spiro atoms. The molecule has 2 aromatic carbocycles. The zero-order valence-electron chi connectivity index (χ0n) is 18.8. The monoisotopic (exact) mass is 434 g/mol. The maximum Gasteiger partial charge on any atom is 0.291 e. The van der Waals surface area contributed by atoms with Crippen molar-refractivity contribution in [2.45, 2.75) is 26.8 Å². The summed E-state index contributed by atoms with van der Waals surface area (Å²) >= 11 is 0. The van der Waals surface area contributed by atoms with Crippen LogP contribution in [0.3, 0.4) is 0 Å². The molecule has 0 radical (unpaired) electrons. The Hall–Kier alpha value is -3.74. The van der Waals surface area contributed by atoms with Crippen molar-refractivity contribution >= 4 is 17.6 Å². The Bertz CT molecular complexity index is 1030. The second-order valence-corrected chi connectivity index (χ2v) is 7.32. The molecule has 1 heterocycles. The number of nitrogens with one attached hydrogen (secondary N) is 3. The van der Waals surface area contributed by atoms with E-state index < -0.39 is 0 Å². The van der Waals surface area contributed by atoms with Gasteiger partial charge in [0, 0.05) is 18.8 Å². The van der Waals surface area contributed by atoms with Crippen molar-refractivity contribution in [3.8, 4) is 5.75 Å². The first-order chi connectivity index (χ1) is 15.6. The Kier molecular flexibility index (Phi) is 8.31.